The van der Waals surface area contributed by atoms with Crippen molar-refractivity contribution in [1.29, 1.82) is 5.41 Å². The molecule has 3 aromatic rings. The van der Waals surface area contributed by atoms with Crippen LogP contribution in [0.3, 0.4) is 0 Å². The lowest BCUT2D eigenvalue weighted by Gasteiger charge is -2.31. The van der Waals surface area contributed by atoms with Crippen LogP contribution in [0.5, 0.6) is 0 Å². The van der Waals surface area contributed by atoms with Gasteiger partial charge in [-0.05, 0) is 50.5 Å². The lowest BCUT2D eigenvalue weighted by molar-refractivity contribution is -0.149. The molecule has 3 N–H and O–H groups in total. The van der Waals surface area contributed by atoms with Crippen LogP contribution in [0.4, 0.5) is 14.7 Å². The molecule has 2 fully saturated rings. The van der Waals surface area contributed by atoms with E-state index in [9.17, 15) is 8.78 Å². The second-order valence-electron chi connectivity index (χ2n) is 8.71. The van der Waals surface area contributed by atoms with Crippen LogP contribution in [0.2, 0.25) is 0 Å². The summed E-state index contributed by atoms with van der Waals surface area (Å²) < 4.78 is 39.6. The third-order valence-electron chi connectivity index (χ3n) is 6.15. The molecule has 0 spiro atoms. The van der Waals surface area contributed by atoms with Gasteiger partial charge in [-0.25, -0.2) is 24.2 Å². The van der Waals surface area contributed by atoms with Gasteiger partial charge in [0.15, 0.2) is 17.6 Å². The molecule has 0 radical (unpaired) electrons. The van der Waals surface area contributed by atoms with Crippen LogP contribution in [0.25, 0.3) is 22.3 Å². The maximum Gasteiger partial charge on any atom is 0.371 e. The molecule has 0 unspecified atom stereocenters. The highest BCUT2D eigenvalue weighted by Crippen LogP contribution is 2.32. The zero-order valence-electron chi connectivity index (χ0n) is 18.9. The quantitative estimate of drug-likeness (QED) is 0.450. The summed E-state index contributed by atoms with van der Waals surface area (Å²) in [5.74, 6) is -0.633. The van der Waals surface area contributed by atoms with Gasteiger partial charge in [0.05, 0.1) is 18.8 Å². The summed E-state index contributed by atoms with van der Waals surface area (Å²) in [6.45, 7) is 4.90. The maximum atomic E-state index is 14.8. The lowest BCUT2D eigenvalue weighted by Crippen LogP contribution is -2.57. The molecular weight excluding hydrogens is 442 g/mol. The normalized spacial score (nSPS) is 18.2. The van der Waals surface area contributed by atoms with Gasteiger partial charge in [-0.1, -0.05) is 0 Å². The fourth-order valence-electron chi connectivity index (χ4n) is 3.89. The van der Waals surface area contributed by atoms with Crippen LogP contribution in [0, 0.1) is 36.8 Å². The Kier molecular flexibility index (Phi) is 5.68. The number of pyridine rings is 1. The third-order valence-corrected chi connectivity index (χ3v) is 6.15. The van der Waals surface area contributed by atoms with Gasteiger partial charge in [-0.3, -0.25) is 5.41 Å². The first-order chi connectivity index (χ1) is 16.3. The van der Waals surface area contributed by atoms with Crippen molar-refractivity contribution in [2.24, 2.45) is 5.92 Å². The van der Waals surface area contributed by atoms with E-state index in [-0.39, 0.29) is 23.3 Å². The molecule has 1 saturated carbocycles. The van der Waals surface area contributed by atoms with Gasteiger partial charge < -0.3 is 14.4 Å². The van der Waals surface area contributed by atoms with Crippen LogP contribution in [0.15, 0.2) is 24.3 Å². The Balaban J connectivity index is 1.52. The Hall–Kier alpha value is -3.53. The van der Waals surface area contributed by atoms with Gasteiger partial charge >= 0.3 is 5.90 Å². The van der Waals surface area contributed by atoms with E-state index in [0.717, 1.165) is 30.2 Å². The van der Waals surface area contributed by atoms with Crippen molar-refractivity contribution in [2.45, 2.75) is 32.8 Å². The molecule has 34 heavy (non-hydrogen) atoms. The smallest absolute Gasteiger partial charge is 0.371 e. The summed E-state index contributed by atoms with van der Waals surface area (Å²) in [5.41, 5.74) is 2.62. The fourth-order valence-corrected chi connectivity index (χ4v) is 3.89. The average molecular weight is 468 g/mol. The number of halogens is 2. The summed E-state index contributed by atoms with van der Waals surface area (Å²) in [5, 5.41) is 14.6. The number of hydrogen-bond acceptors (Lipinski definition) is 7. The highest BCUT2D eigenvalue weighted by atomic mass is 19.1. The molecule has 8 nitrogen and oxygen atoms in total. The molecule has 176 valence electrons. The van der Waals surface area contributed by atoms with Crippen molar-refractivity contribution in [1.82, 2.24) is 15.0 Å². The summed E-state index contributed by atoms with van der Waals surface area (Å²) >= 11 is 0. The maximum absolute atomic E-state index is 14.8. The van der Waals surface area contributed by atoms with E-state index in [2.05, 4.69) is 15.0 Å². The molecule has 0 bridgehead atoms. The number of nitrogens with one attached hydrogen (secondary N) is 1. The van der Waals surface area contributed by atoms with Gasteiger partial charge in [0.2, 0.25) is 5.95 Å². The van der Waals surface area contributed by atoms with Crippen molar-refractivity contribution in [3.05, 3.63) is 47.2 Å². The van der Waals surface area contributed by atoms with Gasteiger partial charge in [0, 0.05) is 35.2 Å². The average Bonchev–Trinajstić information content (AvgIpc) is 3.65. The predicted octanol–water partition coefficient (Wildman–Crippen LogP) is 2.35. The highest BCUT2D eigenvalue weighted by molar-refractivity contribution is 5.93. The monoisotopic (exact) mass is 467 g/mol. The van der Waals surface area contributed by atoms with E-state index in [1.807, 2.05) is 24.8 Å². The third kappa shape index (κ3) is 4.33. The zero-order chi connectivity index (χ0) is 24.0. The minimum Gasteiger partial charge on any atom is -0.392 e. The largest absolute Gasteiger partial charge is 0.392 e. The molecule has 1 aromatic carbocycles. The Morgan fingerprint density at radius 2 is 1.97 bits per heavy atom. The van der Waals surface area contributed by atoms with Crippen molar-refractivity contribution in [3.63, 3.8) is 0 Å². The topological polar surface area (TPSA) is 110 Å². The second-order valence-corrected chi connectivity index (χ2v) is 8.71. The van der Waals surface area contributed by atoms with E-state index < -0.39 is 17.7 Å². The SMILES string of the molecule is Cc1cc2c(-c3ccc(F)cc3F)nc(N3CCO[C@@H](C(=[NH2+])OC(=N)C4CC4)C3)nc2nc1C. The first kappa shape index (κ1) is 22.3. The van der Waals surface area contributed by atoms with E-state index in [1.54, 1.807) is 0 Å². The van der Waals surface area contributed by atoms with Crippen LogP contribution in [0.1, 0.15) is 24.1 Å². The van der Waals surface area contributed by atoms with Crippen molar-refractivity contribution in [2.75, 3.05) is 24.6 Å². The summed E-state index contributed by atoms with van der Waals surface area (Å²) in [6, 6.07) is 5.28. The number of ether oxygens (including phenoxy) is 2. The first-order valence-corrected chi connectivity index (χ1v) is 11.2. The number of nitrogens with two attached hydrogens (primary N) is 1. The molecule has 2 aliphatic rings. The lowest BCUT2D eigenvalue weighted by atomic mass is 10.1. The van der Waals surface area contributed by atoms with Gasteiger partial charge in [-0.15, -0.1) is 0 Å². The number of hydrogen-bond donors (Lipinski definition) is 2. The summed E-state index contributed by atoms with van der Waals surface area (Å²) in [6.07, 6.45) is 1.29. The Bertz CT molecular complexity index is 1310. The molecule has 1 aliphatic heterocycles. The Morgan fingerprint density at radius 3 is 2.71 bits per heavy atom. The minimum absolute atomic E-state index is 0.122. The minimum atomic E-state index is -0.714. The number of rotatable bonds is 4. The second kappa shape index (κ2) is 8.68. The van der Waals surface area contributed by atoms with E-state index >= 15 is 0 Å². The van der Waals surface area contributed by atoms with Crippen LogP contribution >= 0.6 is 0 Å². The molecule has 10 heteroatoms. The fraction of sp³-hybridized carbons (Fsp3) is 0.375. The number of benzene rings is 1. The van der Waals surface area contributed by atoms with E-state index in [0.29, 0.717) is 42.4 Å². The Labute approximate surface area is 195 Å². The molecule has 1 saturated heterocycles. The number of aromatic nitrogens is 3. The van der Waals surface area contributed by atoms with Crippen molar-refractivity contribution in [3.8, 4) is 11.3 Å². The van der Waals surface area contributed by atoms with Crippen LogP contribution in [-0.4, -0.2) is 52.5 Å². The van der Waals surface area contributed by atoms with Gasteiger partial charge in [0.1, 0.15) is 11.6 Å². The standard InChI is InChI=1S/C24H24F2N6O2/c1-12-9-17-20(16-6-5-15(25)10-18(16)26)30-24(31-23(17)29-13(12)2)32-7-8-33-19(11-32)22(28)34-21(27)14-3-4-14/h5-6,9-10,14,19,27-28H,3-4,7-8,11H2,1-2H3/p+1/t19-/m1/s1. The first-order valence-electron chi connectivity index (χ1n) is 11.2. The Morgan fingerprint density at radius 1 is 1.18 bits per heavy atom. The number of anilines is 1. The highest BCUT2D eigenvalue weighted by Gasteiger charge is 2.35. The molecule has 0 amide bonds. The molecule has 5 rings (SSSR count). The number of morpholine rings is 1. The molecule has 1 aliphatic carbocycles. The zero-order valence-corrected chi connectivity index (χ0v) is 18.9. The van der Waals surface area contributed by atoms with Crippen molar-refractivity contribution >= 4 is 28.8 Å². The van der Waals surface area contributed by atoms with Crippen LogP contribution in [-0.2, 0) is 9.47 Å². The van der Waals surface area contributed by atoms with Crippen molar-refractivity contribution < 1.29 is 23.7 Å². The van der Waals surface area contributed by atoms with Gasteiger partial charge in [-0.2, -0.15) is 4.98 Å². The van der Waals surface area contributed by atoms with E-state index in [4.69, 9.17) is 20.3 Å². The molecular formula is C24H25F2N6O2+. The molecule has 1 atom stereocenters. The van der Waals surface area contributed by atoms with Gasteiger partial charge in [0.25, 0.3) is 0 Å². The molecule has 2 aromatic heterocycles. The predicted molar refractivity (Wildman–Crippen MR) is 123 cm³/mol. The van der Waals surface area contributed by atoms with Crippen LogP contribution < -0.4 is 10.3 Å². The summed E-state index contributed by atoms with van der Waals surface area (Å²) in [4.78, 5) is 15.8. The number of nitrogens with zero attached hydrogens (tertiary/aromatic N) is 4. The summed E-state index contributed by atoms with van der Waals surface area (Å²) in [7, 11) is 0. The number of fused-ring (bicyclic) bond motifs is 1. The number of aryl methyl sites for hydroxylation is 2. The molecule has 3 heterocycles. The van der Waals surface area contributed by atoms with E-state index in [1.165, 1.54) is 12.1 Å².